The molecular weight excluding hydrogens is 506 g/mol. The predicted molar refractivity (Wildman–Crippen MR) is 143 cm³/mol. The van der Waals surface area contributed by atoms with Gasteiger partial charge in [-0.05, 0) is 30.2 Å². The Bertz CT molecular complexity index is 1250. The maximum atomic E-state index is 12.5. The van der Waals surface area contributed by atoms with Crippen molar-refractivity contribution < 1.29 is 28.9 Å². The Labute approximate surface area is 226 Å². The monoisotopic (exact) mass is 539 g/mol. The van der Waals surface area contributed by atoms with Crippen molar-refractivity contribution in [1.82, 2.24) is 9.55 Å². The highest BCUT2D eigenvalue weighted by Crippen LogP contribution is 2.43. The van der Waals surface area contributed by atoms with Gasteiger partial charge in [-0.25, -0.2) is 4.98 Å². The second-order valence-electron chi connectivity index (χ2n) is 9.32. The van der Waals surface area contributed by atoms with E-state index in [-0.39, 0.29) is 24.7 Å². The summed E-state index contributed by atoms with van der Waals surface area (Å²) in [5, 5.41) is 13.1. The van der Waals surface area contributed by atoms with E-state index in [1.165, 1.54) is 13.8 Å². The van der Waals surface area contributed by atoms with Gasteiger partial charge < -0.3 is 29.2 Å². The largest absolute Gasteiger partial charge is 0.453 e. The molecule has 3 aromatic rings. The van der Waals surface area contributed by atoms with E-state index in [4.69, 9.17) is 14.2 Å². The first-order valence-corrected chi connectivity index (χ1v) is 13.4. The van der Waals surface area contributed by atoms with E-state index in [1.807, 2.05) is 54.2 Å². The molecule has 0 bridgehead atoms. The van der Waals surface area contributed by atoms with Gasteiger partial charge in [-0.15, -0.1) is 0 Å². The smallest absolute Gasteiger partial charge is 0.303 e. The van der Waals surface area contributed by atoms with E-state index in [0.29, 0.717) is 11.4 Å². The summed E-state index contributed by atoms with van der Waals surface area (Å²) < 4.78 is 19.9. The lowest BCUT2D eigenvalue weighted by Crippen LogP contribution is -2.38. The lowest BCUT2D eigenvalue weighted by molar-refractivity contribution is -0.268. The Hall–Kier alpha value is -3.18. The van der Waals surface area contributed by atoms with Gasteiger partial charge in [-0.2, -0.15) is 0 Å². The first kappa shape index (κ1) is 27.8. The molecule has 38 heavy (non-hydrogen) atoms. The van der Waals surface area contributed by atoms with Gasteiger partial charge in [0, 0.05) is 49.3 Å². The fourth-order valence-corrected chi connectivity index (χ4v) is 5.36. The van der Waals surface area contributed by atoms with Gasteiger partial charge >= 0.3 is 5.97 Å². The third-order valence-corrected chi connectivity index (χ3v) is 7.56. The van der Waals surface area contributed by atoms with Crippen LogP contribution in [0.5, 0.6) is 0 Å². The molecule has 1 aliphatic heterocycles. The van der Waals surface area contributed by atoms with Crippen LogP contribution in [-0.2, 0) is 37.5 Å². The molecule has 2 aromatic carbocycles. The molecule has 2 N–H and O–H groups in total. The van der Waals surface area contributed by atoms with Crippen molar-refractivity contribution in [2.75, 3.05) is 11.1 Å². The number of amides is 1. The molecule has 0 radical (unpaired) electrons. The molecule has 4 rings (SSSR count). The van der Waals surface area contributed by atoms with E-state index in [2.05, 4.69) is 17.2 Å². The Morgan fingerprint density at radius 2 is 1.95 bits per heavy atom. The van der Waals surface area contributed by atoms with Crippen LogP contribution in [0.4, 0.5) is 5.69 Å². The topological polar surface area (TPSA) is 112 Å². The maximum absolute atomic E-state index is 12.5. The highest BCUT2D eigenvalue weighted by atomic mass is 32.2. The van der Waals surface area contributed by atoms with Crippen LogP contribution < -0.4 is 5.32 Å². The van der Waals surface area contributed by atoms with Crippen molar-refractivity contribution >= 4 is 29.3 Å². The third-order valence-electron chi connectivity index (χ3n) is 6.42. The van der Waals surface area contributed by atoms with Crippen LogP contribution in [0.3, 0.4) is 0 Å². The molecule has 0 spiro atoms. The fourth-order valence-electron chi connectivity index (χ4n) is 4.27. The molecule has 202 valence electrons. The number of anilines is 1. The average Bonchev–Trinajstić information content (AvgIpc) is 3.32. The average molecular weight is 540 g/mol. The molecule has 5 atom stereocenters. The van der Waals surface area contributed by atoms with E-state index >= 15 is 0 Å². The number of aryl methyl sites for hydroxylation is 1. The highest BCUT2D eigenvalue weighted by molar-refractivity contribution is 7.99. The zero-order valence-corrected chi connectivity index (χ0v) is 22.7. The Morgan fingerprint density at radius 3 is 2.61 bits per heavy atom. The minimum absolute atomic E-state index is 0.0232. The van der Waals surface area contributed by atoms with E-state index in [0.717, 1.165) is 21.8 Å². The van der Waals surface area contributed by atoms with Gasteiger partial charge in [0.25, 0.3) is 5.91 Å². The Balaban J connectivity index is 1.56. The van der Waals surface area contributed by atoms with Crippen molar-refractivity contribution in [3.8, 4) is 0 Å². The number of nitrogens with one attached hydrogen (secondary N) is 1. The standard InChI is InChI=1S/C28H33N3O6S/c1-17-24(16-38-28-29-12-13-31(28)4)36-27(37-25(17)21-10-8-20(15-32)9-11-21)22-6-5-7-23(14-22)30-26(34)18(2)35-19(3)33/h5-14,17-18,24-25,27,32H,15-16H2,1-4H3,(H,30,34). The predicted octanol–water partition coefficient (Wildman–Crippen LogP) is 4.39. The van der Waals surface area contributed by atoms with E-state index in [1.54, 1.807) is 30.1 Å². The SMILES string of the molecule is CC(=O)OC(C)C(=O)Nc1cccc(C2OC(CSc3nccn3C)C(C)C(c3ccc(CO)cc3)O2)c1. The number of carbonyl (C=O) groups excluding carboxylic acids is 2. The van der Waals surface area contributed by atoms with Crippen molar-refractivity contribution in [1.29, 1.82) is 0 Å². The van der Waals surface area contributed by atoms with Crippen molar-refractivity contribution in [2.45, 2.75) is 57.1 Å². The molecule has 10 heteroatoms. The van der Waals surface area contributed by atoms with Gasteiger partial charge in [0.2, 0.25) is 0 Å². The first-order chi connectivity index (χ1) is 18.2. The molecule has 1 aliphatic rings. The first-order valence-electron chi connectivity index (χ1n) is 12.4. The zero-order valence-electron chi connectivity index (χ0n) is 21.9. The number of aliphatic hydroxyl groups excluding tert-OH is 1. The number of hydrogen-bond acceptors (Lipinski definition) is 8. The molecule has 2 heterocycles. The number of imidazole rings is 1. The number of rotatable bonds is 9. The number of benzene rings is 2. The molecule has 9 nitrogen and oxygen atoms in total. The maximum Gasteiger partial charge on any atom is 0.303 e. The van der Waals surface area contributed by atoms with Crippen LogP contribution in [0, 0.1) is 5.92 Å². The van der Waals surface area contributed by atoms with Gasteiger partial charge in [0.05, 0.1) is 18.8 Å². The third kappa shape index (κ3) is 6.82. The van der Waals surface area contributed by atoms with Crippen LogP contribution in [0.2, 0.25) is 0 Å². The lowest BCUT2D eigenvalue weighted by Gasteiger charge is -2.41. The highest BCUT2D eigenvalue weighted by Gasteiger charge is 2.38. The number of nitrogens with zero attached hydrogens (tertiary/aromatic N) is 2. The normalized spacial score (nSPS) is 22.0. The number of carbonyl (C=O) groups is 2. The van der Waals surface area contributed by atoms with Crippen LogP contribution >= 0.6 is 11.8 Å². The van der Waals surface area contributed by atoms with Gasteiger partial charge in [0.1, 0.15) is 0 Å². The van der Waals surface area contributed by atoms with Crippen molar-refractivity contribution in [3.63, 3.8) is 0 Å². The second-order valence-corrected chi connectivity index (χ2v) is 10.3. The Morgan fingerprint density at radius 1 is 1.18 bits per heavy atom. The molecular formula is C28H33N3O6S. The van der Waals surface area contributed by atoms with Crippen LogP contribution in [0.1, 0.15) is 49.9 Å². The molecule has 1 amide bonds. The quantitative estimate of drug-likeness (QED) is 0.304. The summed E-state index contributed by atoms with van der Waals surface area (Å²) in [4.78, 5) is 28.1. The lowest BCUT2D eigenvalue weighted by atomic mass is 9.91. The summed E-state index contributed by atoms with van der Waals surface area (Å²) in [5.74, 6) is -0.242. The number of hydrogen-bond donors (Lipinski definition) is 2. The van der Waals surface area contributed by atoms with Crippen molar-refractivity contribution in [2.24, 2.45) is 13.0 Å². The second kappa shape index (κ2) is 12.6. The summed E-state index contributed by atoms with van der Waals surface area (Å²) in [6.45, 7) is 4.87. The van der Waals surface area contributed by atoms with E-state index in [9.17, 15) is 14.7 Å². The number of thioether (sulfide) groups is 1. The Kier molecular flexibility index (Phi) is 9.22. The summed E-state index contributed by atoms with van der Waals surface area (Å²) in [6, 6.07) is 15.0. The number of ether oxygens (including phenoxy) is 3. The fraction of sp³-hybridized carbons (Fsp3) is 0.393. The summed E-state index contributed by atoms with van der Waals surface area (Å²) in [6.07, 6.45) is 1.68. The van der Waals surface area contributed by atoms with Crippen LogP contribution in [-0.4, -0.2) is 44.5 Å². The summed E-state index contributed by atoms with van der Waals surface area (Å²) in [7, 11) is 1.96. The number of aromatic nitrogens is 2. The van der Waals surface area contributed by atoms with E-state index < -0.39 is 24.3 Å². The molecule has 1 aromatic heterocycles. The minimum atomic E-state index is -0.919. The molecule has 5 unspecified atom stereocenters. The molecule has 0 aliphatic carbocycles. The van der Waals surface area contributed by atoms with Gasteiger partial charge in [-0.1, -0.05) is 55.1 Å². The molecule has 1 saturated heterocycles. The summed E-state index contributed by atoms with van der Waals surface area (Å²) >= 11 is 1.62. The molecule has 1 fully saturated rings. The van der Waals surface area contributed by atoms with Crippen LogP contribution in [0.15, 0.2) is 66.1 Å². The van der Waals surface area contributed by atoms with Gasteiger partial charge in [0.15, 0.2) is 17.6 Å². The van der Waals surface area contributed by atoms with Crippen LogP contribution in [0.25, 0.3) is 0 Å². The van der Waals surface area contributed by atoms with Crippen molar-refractivity contribution in [3.05, 3.63) is 77.6 Å². The zero-order chi connectivity index (χ0) is 27.2. The van der Waals surface area contributed by atoms with Gasteiger partial charge in [-0.3, -0.25) is 9.59 Å². The minimum Gasteiger partial charge on any atom is -0.453 e. The number of esters is 1. The number of aliphatic hydroxyl groups is 1. The molecule has 0 saturated carbocycles. The summed E-state index contributed by atoms with van der Waals surface area (Å²) in [5.41, 5.74) is 3.12.